The van der Waals surface area contributed by atoms with Crippen molar-refractivity contribution in [1.82, 2.24) is 0 Å². The van der Waals surface area contributed by atoms with E-state index in [1.165, 1.54) is 6.07 Å². The van der Waals surface area contributed by atoms with Gasteiger partial charge in [-0.1, -0.05) is 30.3 Å². The molecule has 0 amide bonds. The van der Waals surface area contributed by atoms with Crippen molar-refractivity contribution in [3.8, 4) is 5.75 Å². The van der Waals surface area contributed by atoms with Gasteiger partial charge in [0.2, 0.25) is 0 Å². The first kappa shape index (κ1) is 15.8. The second-order valence-corrected chi connectivity index (χ2v) is 4.93. The second kappa shape index (κ2) is 6.19. The van der Waals surface area contributed by atoms with E-state index >= 15 is 0 Å². The Morgan fingerprint density at radius 1 is 0.917 bits per heavy atom. The molecule has 3 aromatic rings. The maximum absolute atomic E-state index is 13.5. The third-order valence-corrected chi connectivity index (χ3v) is 3.43. The molecule has 0 spiro atoms. The zero-order chi connectivity index (χ0) is 17.3. The summed E-state index contributed by atoms with van der Waals surface area (Å²) in [5, 5.41) is 15.0. The average Bonchev–Trinajstić information content (AvgIpc) is 2.58. The maximum Gasteiger partial charge on any atom is 0.186 e. The highest BCUT2D eigenvalue weighted by Crippen LogP contribution is 2.26. The van der Waals surface area contributed by atoms with Gasteiger partial charge in [-0.05, 0) is 16.8 Å². The van der Waals surface area contributed by atoms with Gasteiger partial charge < -0.3 is 5.11 Å². The molecule has 3 aromatic carbocycles. The van der Waals surface area contributed by atoms with E-state index in [-0.39, 0.29) is 11.8 Å². The third kappa shape index (κ3) is 2.76. The first-order valence-electron chi connectivity index (χ1n) is 6.82. The highest BCUT2D eigenvalue weighted by Gasteiger charge is 2.18. The van der Waals surface area contributed by atoms with Gasteiger partial charge in [0.15, 0.2) is 23.3 Å². The lowest BCUT2D eigenvalue weighted by molar-refractivity contribution is 0.458. The van der Waals surface area contributed by atoms with Gasteiger partial charge in [0.1, 0.15) is 11.4 Å². The topological polar surface area (TPSA) is 44.6 Å². The standard InChI is InChI=1S/C17H10F4N2O/c18-12-7-13(19)16(21)17(15(12)20)23-22-8-11-10-4-2-1-3-9(10)5-6-14(11)24/h1-8,23-24H/b22-8+. The molecule has 0 aliphatic carbocycles. The number of benzene rings is 3. The first-order valence-corrected chi connectivity index (χ1v) is 6.82. The summed E-state index contributed by atoms with van der Waals surface area (Å²) in [6.07, 6.45) is 1.11. The number of hydrogen-bond acceptors (Lipinski definition) is 3. The number of nitrogens with zero attached hydrogens (tertiary/aromatic N) is 1. The number of fused-ring (bicyclic) bond motifs is 1. The van der Waals surface area contributed by atoms with Gasteiger partial charge in [0, 0.05) is 11.6 Å². The third-order valence-electron chi connectivity index (χ3n) is 3.43. The fourth-order valence-corrected chi connectivity index (χ4v) is 2.25. The number of nitrogens with one attached hydrogen (secondary N) is 1. The Kier molecular flexibility index (Phi) is 4.07. The summed E-state index contributed by atoms with van der Waals surface area (Å²) in [7, 11) is 0. The largest absolute Gasteiger partial charge is 0.507 e. The molecular formula is C17H10F4N2O. The second-order valence-electron chi connectivity index (χ2n) is 4.93. The van der Waals surface area contributed by atoms with E-state index in [4.69, 9.17) is 0 Å². The van der Waals surface area contributed by atoms with E-state index in [2.05, 4.69) is 5.10 Å². The Hall–Kier alpha value is -3.09. The van der Waals surface area contributed by atoms with Crippen molar-refractivity contribution in [2.24, 2.45) is 5.10 Å². The minimum Gasteiger partial charge on any atom is -0.507 e. The molecular weight excluding hydrogens is 324 g/mol. The predicted molar refractivity (Wildman–Crippen MR) is 83.1 cm³/mol. The van der Waals surface area contributed by atoms with E-state index in [1.807, 2.05) is 5.43 Å². The van der Waals surface area contributed by atoms with E-state index < -0.39 is 29.0 Å². The van der Waals surface area contributed by atoms with Crippen molar-refractivity contribution >= 4 is 22.7 Å². The smallest absolute Gasteiger partial charge is 0.186 e. The summed E-state index contributed by atoms with van der Waals surface area (Å²) >= 11 is 0. The summed E-state index contributed by atoms with van der Waals surface area (Å²) in [5.74, 6) is -6.37. The Labute approximate surface area is 133 Å². The summed E-state index contributed by atoms with van der Waals surface area (Å²) in [4.78, 5) is 0. The van der Waals surface area contributed by atoms with Crippen molar-refractivity contribution < 1.29 is 22.7 Å². The van der Waals surface area contributed by atoms with Gasteiger partial charge in [-0.2, -0.15) is 5.10 Å². The van der Waals surface area contributed by atoms with E-state index in [0.717, 1.165) is 11.6 Å². The molecule has 0 aromatic heterocycles. The molecule has 0 heterocycles. The van der Waals surface area contributed by atoms with Crippen LogP contribution >= 0.6 is 0 Å². The zero-order valence-electron chi connectivity index (χ0n) is 12.0. The highest BCUT2D eigenvalue weighted by molar-refractivity contribution is 6.02. The molecule has 0 fully saturated rings. The number of rotatable bonds is 3. The lowest BCUT2D eigenvalue weighted by Crippen LogP contribution is -2.02. The number of hydrazone groups is 1. The number of anilines is 1. The molecule has 24 heavy (non-hydrogen) atoms. The summed E-state index contributed by atoms with van der Waals surface area (Å²) in [6, 6.07) is 10.3. The molecule has 0 aliphatic heterocycles. The predicted octanol–water partition coefficient (Wildman–Crippen LogP) is 4.55. The van der Waals surface area contributed by atoms with Crippen LogP contribution in [0.5, 0.6) is 5.75 Å². The van der Waals surface area contributed by atoms with Crippen LogP contribution in [0.2, 0.25) is 0 Å². The first-order chi connectivity index (χ1) is 11.5. The van der Waals surface area contributed by atoms with Crippen molar-refractivity contribution in [2.75, 3.05) is 5.43 Å². The van der Waals surface area contributed by atoms with Crippen molar-refractivity contribution in [1.29, 1.82) is 0 Å². The molecule has 0 aliphatic rings. The quantitative estimate of drug-likeness (QED) is 0.319. The molecule has 3 rings (SSSR count). The number of halogens is 4. The van der Waals surface area contributed by atoms with Gasteiger partial charge in [-0.15, -0.1) is 0 Å². The van der Waals surface area contributed by atoms with Crippen LogP contribution in [0, 0.1) is 23.3 Å². The molecule has 0 saturated carbocycles. The van der Waals surface area contributed by atoms with Crippen LogP contribution in [0.1, 0.15) is 5.56 Å². The molecule has 7 heteroatoms. The van der Waals surface area contributed by atoms with Crippen molar-refractivity contribution in [3.05, 3.63) is 71.3 Å². The Morgan fingerprint density at radius 3 is 2.29 bits per heavy atom. The Morgan fingerprint density at radius 2 is 1.58 bits per heavy atom. The molecule has 0 bridgehead atoms. The number of phenols is 1. The van der Waals surface area contributed by atoms with Crippen LogP contribution in [0.4, 0.5) is 23.2 Å². The summed E-state index contributed by atoms with van der Waals surface area (Å²) < 4.78 is 53.3. The van der Waals surface area contributed by atoms with Crippen LogP contribution in [-0.2, 0) is 0 Å². The fraction of sp³-hybridized carbons (Fsp3) is 0. The molecule has 2 N–H and O–H groups in total. The van der Waals surface area contributed by atoms with Crippen LogP contribution in [0.3, 0.4) is 0 Å². The van der Waals surface area contributed by atoms with Crippen LogP contribution < -0.4 is 5.43 Å². The number of hydrogen-bond donors (Lipinski definition) is 2. The average molecular weight is 334 g/mol. The number of phenolic OH excluding ortho intramolecular Hbond substituents is 1. The fourth-order valence-electron chi connectivity index (χ4n) is 2.25. The van der Waals surface area contributed by atoms with Crippen LogP contribution in [0.25, 0.3) is 10.8 Å². The molecule has 0 atom stereocenters. The molecule has 0 saturated heterocycles. The molecule has 3 nitrogen and oxygen atoms in total. The molecule has 122 valence electrons. The normalized spacial score (nSPS) is 11.3. The summed E-state index contributed by atoms with van der Waals surface area (Å²) in [5.41, 5.74) is 1.17. The lowest BCUT2D eigenvalue weighted by atomic mass is 10.0. The number of aromatic hydroxyl groups is 1. The summed E-state index contributed by atoms with van der Waals surface area (Å²) in [6.45, 7) is 0. The monoisotopic (exact) mass is 334 g/mol. The van der Waals surface area contributed by atoms with Crippen LogP contribution in [-0.4, -0.2) is 11.3 Å². The zero-order valence-corrected chi connectivity index (χ0v) is 12.0. The van der Waals surface area contributed by atoms with E-state index in [1.54, 1.807) is 30.3 Å². The highest BCUT2D eigenvalue weighted by atomic mass is 19.2. The minimum absolute atomic E-state index is 0.106. The maximum atomic E-state index is 13.5. The van der Waals surface area contributed by atoms with Crippen LogP contribution in [0.15, 0.2) is 47.6 Å². The molecule has 0 radical (unpaired) electrons. The minimum atomic E-state index is -1.59. The Balaban J connectivity index is 1.98. The SMILES string of the molecule is Oc1ccc2ccccc2c1/C=N/Nc1c(F)c(F)cc(F)c1F. The van der Waals surface area contributed by atoms with Crippen molar-refractivity contribution in [3.63, 3.8) is 0 Å². The van der Waals surface area contributed by atoms with Gasteiger partial charge in [0.05, 0.1) is 6.21 Å². The van der Waals surface area contributed by atoms with Gasteiger partial charge in [0.25, 0.3) is 0 Å². The lowest BCUT2D eigenvalue weighted by Gasteiger charge is -2.07. The van der Waals surface area contributed by atoms with E-state index in [0.29, 0.717) is 10.9 Å². The van der Waals surface area contributed by atoms with E-state index in [9.17, 15) is 22.7 Å². The van der Waals surface area contributed by atoms with Gasteiger partial charge in [-0.25, -0.2) is 17.6 Å². The molecule has 0 unspecified atom stereocenters. The Bertz CT molecular complexity index is 931. The van der Waals surface area contributed by atoms with Gasteiger partial charge >= 0.3 is 0 Å². The van der Waals surface area contributed by atoms with Crippen molar-refractivity contribution in [2.45, 2.75) is 0 Å². The van der Waals surface area contributed by atoms with Gasteiger partial charge in [-0.3, -0.25) is 5.43 Å².